The van der Waals surface area contributed by atoms with Gasteiger partial charge in [-0.2, -0.15) is 0 Å². The van der Waals surface area contributed by atoms with Crippen LogP contribution in [0.5, 0.6) is 0 Å². The zero-order valence-corrected chi connectivity index (χ0v) is 19.9. The number of hydrogen-bond acceptors (Lipinski definition) is 10. The predicted molar refractivity (Wildman–Crippen MR) is 110 cm³/mol. The van der Waals surface area contributed by atoms with Crippen molar-refractivity contribution in [1.29, 1.82) is 0 Å². The molecule has 0 aromatic carbocycles. The van der Waals surface area contributed by atoms with E-state index in [-0.39, 0.29) is 13.0 Å². The van der Waals surface area contributed by atoms with Gasteiger partial charge in [-0.1, -0.05) is 26.2 Å². The highest BCUT2D eigenvalue weighted by atomic mass is 32.2. The van der Waals surface area contributed by atoms with Gasteiger partial charge in [0.15, 0.2) is 15.9 Å². The fraction of sp³-hybridized carbons (Fsp3) is 0.800. The molecule has 32 heavy (non-hydrogen) atoms. The lowest BCUT2D eigenvalue weighted by Gasteiger charge is -2.37. The van der Waals surface area contributed by atoms with Crippen molar-refractivity contribution in [2.45, 2.75) is 88.7 Å². The van der Waals surface area contributed by atoms with Crippen LogP contribution in [-0.2, 0) is 43.2 Å². The number of amides is 1. The molecule has 0 saturated carbocycles. The van der Waals surface area contributed by atoms with Crippen molar-refractivity contribution in [1.82, 2.24) is 4.90 Å². The van der Waals surface area contributed by atoms with E-state index in [9.17, 15) is 27.6 Å². The van der Waals surface area contributed by atoms with E-state index < -0.39 is 62.4 Å². The maximum Gasteiger partial charge on any atom is 0.511 e. The van der Waals surface area contributed by atoms with Gasteiger partial charge in [0.05, 0.1) is 13.0 Å². The van der Waals surface area contributed by atoms with Crippen LogP contribution in [0.4, 0.5) is 4.79 Å². The third-order valence-electron chi connectivity index (χ3n) is 5.49. The molecule has 0 aromatic heterocycles. The number of sulfone groups is 1. The third kappa shape index (κ3) is 5.16. The van der Waals surface area contributed by atoms with Crippen molar-refractivity contribution in [3.8, 4) is 0 Å². The van der Waals surface area contributed by atoms with Gasteiger partial charge in [-0.3, -0.25) is 9.59 Å². The highest BCUT2D eigenvalue weighted by Crippen LogP contribution is 2.46. The van der Waals surface area contributed by atoms with Crippen molar-refractivity contribution >= 4 is 33.8 Å². The van der Waals surface area contributed by atoms with Crippen LogP contribution >= 0.6 is 0 Å². The van der Waals surface area contributed by atoms with Crippen LogP contribution in [-0.4, -0.2) is 72.5 Å². The fourth-order valence-corrected chi connectivity index (χ4v) is 6.00. The maximum absolute atomic E-state index is 13.0. The van der Waals surface area contributed by atoms with Crippen molar-refractivity contribution in [3.05, 3.63) is 0 Å². The molecule has 1 amide bonds. The molecule has 0 spiro atoms. The molecule has 2 saturated heterocycles. The van der Waals surface area contributed by atoms with E-state index in [4.69, 9.17) is 18.9 Å². The molecule has 182 valence electrons. The van der Waals surface area contributed by atoms with Crippen molar-refractivity contribution < 1.29 is 46.5 Å². The third-order valence-corrected chi connectivity index (χ3v) is 8.24. The Bertz CT molecular complexity index is 868. The molecule has 0 aromatic rings. The minimum absolute atomic E-state index is 0.147. The Hall–Kier alpha value is -2.37. The first-order valence-electron chi connectivity index (χ1n) is 10.5. The van der Waals surface area contributed by atoms with E-state index in [0.29, 0.717) is 6.42 Å². The standard InChI is InChI=1S/C20H31NO10S/c1-6-7-8-9-10-28-18(25)31-19(3,4)30-17(24)16-20(5,12-29-13(2)22)32(26,27)15-11-14(23)21(15)16/h15-16H,6-12H2,1-5H3/t15-,16+,20+/m1/s1. The second kappa shape index (κ2) is 9.63. The Morgan fingerprint density at radius 1 is 1.12 bits per heavy atom. The number of carbonyl (C=O) groups excluding carboxylic acids is 4. The van der Waals surface area contributed by atoms with Gasteiger partial charge in [-0.15, -0.1) is 0 Å². The second-order valence-electron chi connectivity index (χ2n) is 8.58. The molecule has 0 bridgehead atoms. The fourth-order valence-electron chi connectivity index (χ4n) is 3.73. The number of fused-ring (bicyclic) bond motifs is 1. The molecule has 2 aliphatic rings. The minimum atomic E-state index is -4.05. The van der Waals surface area contributed by atoms with Crippen LogP contribution < -0.4 is 0 Å². The summed E-state index contributed by atoms with van der Waals surface area (Å²) in [5, 5.41) is -1.20. The molecular weight excluding hydrogens is 446 g/mol. The van der Waals surface area contributed by atoms with Gasteiger partial charge < -0.3 is 23.8 Å². The van der Waals surface area contributed by atoms with Crippen LogP contribution in [0, 0.1) is 0 Å². The van der Waals surface area contributed by atoms with Crippen LogP contribution in [0.3, 0.4) is 0 Å². The number of carbonyl (C=O) groups is 4. The lowest BCUT2D eigenvalue weighted by molar-refractivity contribution is -0.208. The Balaban J connectivity index is 2.10. The lowest BCUT2D eigenvalue weighted by atomic mass is 9.97. The van der Waals surface area contributed by atoms with E-state index in [1.165, 1.54) is 20.8 Å². The summed E-state index contributed by atoms with van der Waals surface area (Å²) >= 11 is 0. The highest BCUT2D eigenvalue weighted by molar-refractivity contribution is 7.94. The average Bonchev–Trinajstić information content (AvgIpc) is 2.80. The molecule has 0 unspecified atom stereocenters. The van der Waals surface area contributed by atoms with Crippen LogP contribution in [0.1, 0.15) is 66.7 Å². The molecule has 12 heteroatoms. The van der Waals surface area contributed by atoms with Gasteiger partial charge in [0.2, 0.25) is 5.91 Å². The monoisotopic (exact) mass is 477 g/mol. The first-order chi connectivity index (χ1) is 14.8. The summed E-state index contributed by atoms with van der Waals surface area (Å²) < 4.78 is 44.3. The molecule has 2 heterocycles. The number of β-lactam (4-membered cyclic amide) rings is 1. The first-order valence-corrected chi connectivity index (χ1v) is 12.1. The molecular formula is C20H31NO10S. The number of rotatable bonds is 10. The summed E-state index contributed by atoms with van der Waals surface area (Å²) in [5.74, 6) is -4.17. The number of nitrogens with zero attached hydrogens (tertiary/aromatic N) is 1. The smallest absolute Gasteiger partial charge is 0.464 e. The van der Waals surface area contributed by atoms with E-state index in [0.717, 1.165) is 31.1 Å². The summed E-state index contributed by atoms with van der Waals surface area (Å²) in [5.41, 5.74) is 0. The van der Waals surface area contributed by atoms with Crippen LogP contribution in [0.15, 0.2) is 0 Å². The van der Waals surface area contributed by atoms with Crippen molar-refractivity contribution in [2.75, 3.05) is 13.2 Å². The van der Waals surface area contributed by atoms with Crippen LogP contribution in [0.25, 0.3) is 0 Å². The van der Waals surface area contributed by atoms with Gasteiger partial charge in [0, 0.05) is 20.8 Å². The average molecular weight is 478 g/mol. The van der Waals surface area contributed by atoms with E-state index in [2.05, 4.69) is 6.92 Å². The lowest BCUT2D eigenvalue weighted by Crippen LogP contribution is -2.59. The Kier molecular flexibility index (Phi) is 7.79. The molecule has 2 aliphatic heterocycles. The number of hydrogen-bond donors (Lipinski definition) is 0. The first kappa shape index (κ1) is 25.9. The van der Waals surface area contributed by atoms with Gasteiger partial charge in [-0.05, 0) is 13.3 Å². The summed E-state index contributed by atoms with van der Waals surface area (Å²) in [7, 11) is -4.05. The van der Waals surface area contributed by atoms with E-state index in [1.54, 1.807) is 0 Å². The van der Waals surface area contributed by atoms with Crippen molar-refractivity contribution in [2.24, 2.45) is 0 Å². The molecule has 3 atom stereocenters. The second-order valence-corrected chi connectivity index (χ2v) is 11.1. The topological polar surface area (TPSA) is 143 Å². The van der Waals surface area contributed by atoms with E-state index >= 15 is 0 Å². The maximum atomic E-state index is 13.0. The highest BCUT2D eigenvalue weighted by Gasteiger charge is 2.71. The van der Waals surface area contributed by atoms with Crippen molar-refractivity contribution in [3.63, 3.8) is 0 Å². The molecule has 11 nitrogen and oxygen atoms in total. The zero-order chi connectivity index (χ0) is 24.3. The largest absolute Gasteiger partial charge is 0.511 e. The normalized spacial score (nSPS) is 26.0. The Morgan fingerprint density at radius 2 is 1.78 bits per heavy atom. The molecule has 2 fully saturated rings. The van der Waals surface area contributed by atoms with Gasteiger partial charge in [0.25, 0.3) is 5.79 Å². The van der Waals surface area contributed by atoms with Crippen LogP contribution in [0.2, 0.25) is 0 Å². The van der Waals surface area contributed by atoms with E-state index in [1.807, 2.05) is 0 Å². The number of unbranched alkanes of at least 4 members (excludes halogenated alkanes) is 3. The zero-order valence-electron chi connectivity index (χ0n) is 19.0. The molecule has 2 rings (SSSR count). The van der Waals surface area contributed by atoms with Gasteiger partial charge >= 0.3 is 18.1 Å². The SMILES string of the molecule is CCCCCCOC(=O)OC(C)(C)OC(=O)[C@@H]1N2C(=O)C[C@H]2S(=O)(=O)[C@@]1(C)COC(C)=O. The minimum Gasteiger partial charge on any atom is -0.464 e. The quantitative estimate of drug-likeness (QED) is 0.150. The molecule has 0 radical (unpaired) electrons. The summed E-state index contributed by atoms with van der Waals surface area (Å²) in [6.07, 6.45) is 2.28. The summed E-state index contributed by atoms with van der Waals surface area (Å²) in [4.78, 5) is 49.3. The number of ether oxygens (including phenoxy) is 4. The Labute approximate surface area is 187 Å². The van der Waals surface area contributed by atoms with Gasteiger partial charge in [0.1, 0.15) is 16.7 Å². The molecule has 0 aliphatic carbocycles. The number of esters is 2. The predicted octanol–water partition coefficient (Wildman–Crippen LogP) is 1.68. The van der Waals surface area contributed by atoms with Gasteiger partial charge in [-0.25, -0.2) is 18.0 Å². The molecule has 0 N–H and O–H groups in total. The Morgan fingerprint density at radius 3 is 2.34 bits per heavy atom. The summed E-state index contributed by atoms with van der Waals surface area (Å²) in [6, 6.07) is -1.56. The summed E-state index contributed by atoms with van der Waals surface area (Å²) in [6.45, 7) is 6.45.